The van der Waals surface area contributed by atoms with Crippen LogP contribution in [-0.2, 0) is 53.2 Å². The predicted octanol–water partition coefficient (Wildman–Crippen LogP) is 5.83. The van der Waals surface area contributed by atoms with E-state index in [1.807, 2.05) is 19.2 Å². The molecule has 1 atom stereocenters. The van der Waals surface area contributed by atoms with Gasteiger partial charge in [0.25, 0.3) is 21.9 Å². The number of ketones is 1. The summed E-state index contributed by atoms with van der Waals surface area (Å²) in [4.78, 5) is 86.5. The van der Waals surface area contributed by atoms with Crippen LogP contribution in [0, 0.1) is 16.7 Å². The minimum absolute atomic E-state index is 0.176. The second kappa shape index (κ2) is 30.3. The van der Waals surface area contributed by atoms with Crippen molar-refractivity contribution in [1.82, 2.24) is 16.0 Å². The van der Waals surface area contributed by atoms with E-state index in [0.717, 1.165) is 32.3 Å². The molecule has 334 valence electrons. The first-order valence-corrected chi connectivity index (χ1v) is 20.0. The zero-order valence-electron chi connectivity index (χ0n) is 37.2. The van der Waals surface area contributed by atoms with E-state index >= 15 is 0 Å². The molecule has 0 bridgehead atoms. The van der Waals surface area contributed by atoms with Gasteiger partial charge in [-0.2, -0.15) is 8.42 Å². The number of amides is 5. The number of hydrogen-bond donors (Lipinski definition) is 5. The molecule has 0 radical (unpaired) electrons. The number of rotatable bonds is 16. The number of nitrogens with one attached hydrogen (secondary N) is 3. The van der Waals surface area contributed by atoms with Crippen molar-refractivity contribution in [3.63, 3.8) is 0 Å². The second-order valence-electron chi connectivity index (χ2n) is 16.0. The van der Waals surface area contributed by atoms with Gasteiger partial charge >= 0.3 is 11.9 Å². The number of carbonyl (C=O) groups excluding carboxylic acids is 7. The summed E-state index contributed by atoms with van der Waals surface area (Å²) in [6, 6.07) is 0. The van der Waals surface area contributed by atoms with Crippen LogP contribution in [0.5, 0.6) is 0 Å². The van der Waals surface area contributed by atoms with Gasteiger partial charge in [0.05, 0.1) is 17.9 Å². The maximum absolute atomic E-state index is 11.5. The van der Waals surface area contributed by atoms with Gasteiger partial charge in [-0.05, 0) is 71.3 Å². The minimum Gasteiger partial charge on any atom is -0.478 e. The van der Waals surface area contributed by atoms with E-state index in [0.29, 0.717) is 30.6 Å². The Kier molecular flexibility index (Phi) is 32.6. The number of hydrogen-bond acceptors (Lipinski definition) is 11. The topological polar surface area (TPSA) is 256 Å². The van der Waals surface area contributed by atoms with Crippen LogP contribution in [0.1, 0.15) is 129 Å². The maximum Gasteiger partial charge on any atom is 0.333 e. The fraction of sp³-hybridized carbons (Fsp3) is 0.610. The van der Waals surface area contributed by atoms with E-state index in [1.54, 1.807) is 27.7 Å². The summed E-state index contributed by atoms with van der Waals surface area (Å²) in [5.41, 5.74) is -0.398. The monoisotopic (exact) mass is 845 g/mol. The van der Waals surface area contributed by atoms with E-state index in [2.05, 4.69) is 64.6 Å². The molecule has 0 spiro atoms. The molecule has 0 saturated carbocycles. The molecule has 0 saturated heterocycles. The molecule has 16 nitrogen and oxygen atoms in total. The number of carboxylic acid groups (broad SMARTS) is 1. The van der Waals surface area contributed by atoms with E-state index in [4.69, 9.17) is 14.4 Å². The number of carbonyl (C=O) groups is 8. The minimum atomic E-state index is -4.08. The van der Waals surface area contributed by atoms with E-state index < -0.39 is 56.3 Å². The molecule has 0 aromatic rings. The number of Topliss-reactive ketones (excluding diaryl/α,β-unsaturated/α-hetero) is 1. The van der Waals surface area contributed by atoms with Gasteiger partial charge in [0.2, 0.25) is 23.5 Å². The smallest absolute Gasteiger partial charge is 0.333 e. The Morgan fingerprint density at radius 2 is 1.26 bits per heavy atom. The molecule has 0 rings (SSSR count). The zero-order valence-corrected chi connectivity index (χ0v) is 38.0. The van der Waals surface area contributed by atoms with Crippen molar-refractivity contribution in [2.24, 2.45) is 16.7 Å². The first-order valence-electron chi connectivity index (χ1n) is 18.4. The van der Waals surface area contributed by atoms with Gasteiger partial charge in [-0.25, -0.2) is 9.59 Å². The van der Waals surface area contributed by atoms with E-state index in [9.17, 15) is 46.8 Å². The van der Waals surface area contributed by atoms with Gasteiger partial charge in [-0.1, -0.05) is 88.1 Å². The van der Waals surface area contributed by atoms with Crippen molar-refractivity contribution < 1.29 is 61.2 Å². The van der Waals surface area contributed by atoms with Crippen LogP contribution in [0.2, 0.25) is 0 Å². The van der Waals surface area contributed by atoms with Crippen molar-refractivity contribution in [2.45, 2.75) is 135 Å². The molecule has 0 heterocycles. The van der Waals surface area contributed by atoms with Crippen LogP contribution in [0.4, 0.5) is 0 Å². The summed E-state index contributed by atoms with van der Waals surface area (Å²) in [7, 11) is -4.08. The van der Waals surface area contributed by atoms with E-state index in [-0.39, 0.29) is 34.7 Å². The van der Waals surface area contributed by atoms with Crippen molar-refractivity contribution in [3.05, 3.63) is 49.1 Å². The lowest BCUT2D eigenvalue weighted by molar-refractivity contribution is -0.142. The first kappa shape index (κ1) is 62.4. The molecule has 58 heavy (non-hydrogen) atoms. The quantitative estimate of drug-likeness (QED) is 0.0403. The van der Waals surface area contributed by atoms with Gasteiger partial charge in [0.1, 0.15) is 0 Å². The van der Waals surface area contributed by atoms with Gasteiger partial charge in [0, 0.05) is 35.5 Å². The third kappa shape index (κ3) is 42.4. The van der Waals surface area contributed by atoms with Crippen LogP contribution in [0.3, 0.4) is 0 Å². The molecule has 0 aliphatic heterocycles. The predicted molar refractivity (Wildman–Crippen MR) is 226 cm³/mol. The molecule has 0 aromatic carbocycles. The van der Waals surface area contributed by atoms with Crippen molar-refractivity contribution in [1.29, 1.82) is 0 Å². The van der Waals surface area contributed by atoms with Crippen LogP contribution >= 0.6 is 0 Å². The summed E-state index contributed by atoms with van der Waals surface area (Å²) < 4.78 is 34.3. The standard InChI is InChI=1S/C13H23NO2.C9H15NO3.C8H14O2.C7H13NO4S.C4H6O2/c1-9(2)12(16)14-11(15)7-10(3)8-13(4,5)6;1-5-9(3,4)8(13)10-7(12)6(2)11;1-4-5-6-10-8(9)7(2)3;1-4-6(9)8-7(2,3)5-13(10,11)12;1-3(2)4(5)6/h10H,1,7-8H2,2-6H3,(H,14,15,16);5H2,1-4H3,(H,10,12,13);2,4-6H2,1,3H3;4H,1,5H2,2-3H3,(H,8,9)(H,10,11,12);1H2,2H3,(H,5,6). The average Bonchev–Trinajstić information content (AvgIpc) is 3.03. The fourth-order valence-corrected chi connectivity index (χ4v) is 4.53. The van der Waals surface area contributed by atoms with E-state index in [1.165, 1.54) is 20.8 Å². The van der Waals surface area contributed by atoms with Crippen molar-refractivity contribution >= 4 is 57.4 Å². The Hall–Kier alpha value is -4.77. The summed E-state index contributed by atoms with van der Waals surface area (Å²) >= 11 is 0. The van der Waals surface area contributed by atoms with Gasteiger partial charge in [-0.3, -0.25) is 44.0 Å². The molecule has 0 aliphatic rings. The summed E-state index contributed by atoms with van der Waals surface area (Å²) in [5.74, 6) is -4.45. The lowest BCUT2D eigenvalue weighted by Crippen LogP contribution is -2.47. The highest BCUT2D eigenvalue weighted by Crippen LogP contribution is 2.25. The highest BCUT2D eigenvalue weighted by molar-refractivity contribution is 7.85. The van der Waals surface area contributed by atoms with Gasteiger partial charge in [0.15, 0.2) is 0 Å². The first-order chi connectivity index (χ1) is 25.9. The lowest BCUT2D eigenvalue weighted by Gasteiger charge is -2.23. The molecule has 0 aromatic heterocycles. The number of unbranched alkanes of at least 4 members (excludes halogenated alkanes) is 1. The SMILES string of the molecule is C=C(C)C(=O)NC(=O)CC(C)CC(C)(C)C.C=C(C)C(=O)O.C=C(C)C(=O)OCCCC.C=CC(=O)NC(C)(C)CS(=O)(=O)O.CCC(C)(C)C(=O)NC(=O)C(C)=O. The molecule has 1 unspecified atom stereocenters. The largest absolute Gasteiger partial charge is 0.478 e. The number of esters is 1. The Bertz CT molecular complexity index is 1560. The average molecular weight is 846 g/mol. The number of ether oxygens (including phenoxy) is 1. The fourth-order valence-electron chi connectivity index (χ4n) is 3.55. The number of imide groups is 2. The van der Waals surface area contributed by atoms with Crippen LogP contribution in [0.15, 0.2) is 49.1 Å². The van der Waals surface area contributed by atoms with Crippen LogP contribution in [0.25, 0.3) is 0 Å². The van der Waals surface area contributed by atoms with Crippen LogP contribution < -0.4 is 16.0 Å². The number of aliphatic carboxylic acids is 1. The Balaban J connectivity index is -0.000000207. The second-order valence-corrected chi connectivity index (χ2v) is 17.4. The Morgan fingerprint density at radius 1 is 0.793 bits per heavy atom. The molecule has 0 aliphatic carbocycles. The Morgan fingerprint density at radius 3 is 1.57 bits per heavy atom. The zero-order chi connectivity index (χ0) is 47.4. The molecule has 0 fully saturated rings. The summed E-state index contributed by atoms with van der Waals surface area (Å²) in [6.45, 7) is 38.4. The molecule has 17 heteroatoms. The third-order valence-electron chi connectivity index (χ3n) is 6.82. The Labute approximate surface area is 346 Å². The lowest BCUT2D eigenvalue weighted by atomic mass is 9.84. The maximum atomic E-state index is 11.5. The normalized spacial score (nSPS) is 11.1. The van der Waals surface area contributed by atoms with Crippen LogP contribution in [-0.4, -0.2) is 83.2 Å². The van der Waals surface area contributed by atoms with Gasteiger partial charge in [-0.15, -0.1) is 0 Å². The molecular formula is C41H71N3O13S. The highest BCUT2D eigenvalue weighted by atomic mass is 32.2. The van der Waals surface area contributed by atoms with Crippen molar-refractivity contribution in [3.8, 4) is 0 Å². The summed E-state index contributed by atoms with van der Waals surface area (Å²) in [6.07, 6.45) is 4.97. The van der Waals surface area contributed by atoms with Gasteiger partial charge < -0.3 is 15.2 Å². The van der Waals surface area contributed by atoms with Crippen molar-refractivity contribution in [2.75, 3.05) is 12.4 Å². The highest BCUT2D eigenvalue weighted by Gasteiger charge is 2.28. The number of carboxylic acids is 1. The summed E-state index contributed by atoms with van der Waals surface area (Å²) in [5, 5.41) is 14.6. The molecular weight excluding hydrogens is 775 g/mol. The third-order valence-corrected chi connectivity index (χ3v) is 7.90. The molecule has 5 amide bonds. The molecule has 5 N–H and O–H groups in total.